The second-order valence-corrected chi connectivity index (χ2v) is 6.70. The molecule has 0 fully saturated rings. The quantitative estimate of drug-likeness (QED) is 0.843. The molecule has 1 heterocycles. The number of aryl methyl sites for hydroxylation is 1. The average Bonchev–Trinajstić information content (AvgIpc) is 2.84. The van der Waals surface area contributed by atoms with Gasteiger partial charge in [0.1, 0.15) is 12.2 Å². The Morgan fingerprint density at radius 3 is 2.71 bits per heavy atom. The Kier molecular flexibility index (Phi) is 4.62. The molecule has 0 aliphatic rings. The number of hydrogen-bond donors (Lipinski definition) is 2. The molecule has 1 aromatic carbocycles. The standard InChI is InChI=1S/C12H15ClN4O3S/c1-8-9(6-18)3-10(13)4-11(8)21(19,20)15-5-12-16-14-7-17(12)2/h3-4,7,15,18H,5-6H2,1-2H3. The van der Waals surface area contributed by atoms with Crippen LogP contribution < -0.4 is 4.72 Å². The van der Waals surface area contributed by atoms with Crippen molar-refractivity contribution in [2.45, 2.75) is 25.0 Å². The molecule has 2 rings (SSSR count). The third-order valence-corrected chi connectivity index (χ3v) is 4.86. The number of aliphatic hydroxyl groups excluding tert-OH is 1. The van der Waals surface area contributed by atoms with Crippen molar-refractivity contribution in [1.29, 1.82) is 0 Å². The number of aromatic nitrogens is 3. The van der Waals surface area contributed by atoms with E-state index in [2.05, 4.69) is 14.9 Å². The van der Waals surface area contributed by atoms with Crippen LogP contribution in [0.5, 0.6) is 0 Å². The van der Waals surface area contributed by atoms with Gasteiger partial charge in [0.15, 0.2) is 0 Å². The molecule has 0 spiro atoms. The number of nitrogens with zero attached hydrogens (tertiary/aromatic N) is 3. The van der Waals surface area contributed by atoms with Gasteiger partial charge in [0.25, 0.3) is 0 Å². The fraction of sp³-hybridized carbons (Fsp3) is 0.333. The lowest BCUT2D eigenvalue weighted by molar-refractivity contribution is 0.280. The maximum Gasteiger partial charge on any atom is 0.241 e. The molecule has 0 saturated carbocycles. The van der Waals surface area contributed by atoms with Gasteiger partial charge in [-0.15, -0.1) is 10.2 Å². The molecule has 0 aliphatic carbocycles. The number of nitrogens with one attached hydrogen (secondary N) is 1. The second kappa shape index (κ2) is 6.10. The molecule has 0 aliphatic heterocycles. The normalized spacial score (nSPS) is 11.8. The van der Waals surface area contributed by atoms with Crippen LogP contribution in [0.4, 0.5) is 0 Å². The molecule has 0 saturated heterocycles. The number of halogens is 1. The fourth-order valence-electron chi connectivity index (χ4n) is 1.86. The van der Waals surface area contributed by atoms with Crippen molar-refractivity contribution in [3.8, 4) is 0 Å². The average molecular weight is 331 g/mol. The summed E-state index contributed by atoms with van der Waals surface area (Å²) in [7, 11) is -2.05. The van der Waals surface area contributed by atoms with E-state index in [0.29, 0.717) is 17.0 Å². The lowest BCUT2D eigenvalue weighted by Gasteiger charge is -2.12. The maximum atomic E-state index is 12.4. The first-order valence-corrected chi connectivity index (χ1v) is 7.93. The van der Waals surface area contributed by atoms with E-state index in [1.807, 2.05) is 0 Å². The molecule has 2 N–H and O–H groups in total. The summed E-state index contributed by atoms with van der Waals surface area (Å²) in [5.41, 5.74) is 0.939. The smallest absolute Gasteiger partial charge is 0.241 e. The van der Waals surface area contributed by atoms with E-state index in [0.717, 1.165) is 0 Å². The van der Waals surface area contributed by atoms with Gasteiger partial charge in [-0.2, -0.15) is 0 Å². The summed E-state index contributed by atoms with van der Waals surface area (Å²) in [4.78, 5) is 0.0428. The number of rotatable bonds is 5. The zero-order valence-electron chi connectivity index (χ0n) is 11.5. The maximum absolute atomic E-state index is 12.4. The zero-order chi connectivity index (χ0) is 15.6. The van der Waals surface area contributed by atoms with Crippen molar-refractivity contribution in [3.05, 3.63) is 40.4 Å². The number of aliphatic hydroxyl groups is 1. The van der Waals surface area contributed by atoms with Crippen LogP contribution in [0.1, 0.15) is 17.0 Å². The highest BCUT2D eigenvalue weighted by Gasteiger charge is 2.20. The Hall–Kier alpha value is -1.48. The monoisotopic (exact) mass is 330 g/mol. The summed E-state index contributed by atoms with van der Waals surface area (Å²) < 4.78 is 28.8. The SMILES string of the molecule is Cc1c(CO)cc(Cl)cc1S(=O)(=O)NCc1nncn1C. The minimum atomic E-state index is -3.77. The summed E-state index contributed by atoms with van der Waals surface area (Å²) in [5.74, 6) is 0.487. The van der Waals surface area contributed by atoms with Crippen molar-refractivity contribution in [3.63, 3.8) is 0 Å². The highest BCUT2D eigenvalue weighted by molar-refractivity contribution is 7.89. The fourth-order valence-corrected chi connectivity index (χ4v) is 3.45. The van der Waals surface area contributed by atoms with Crippen LogP contribution in [0.25, 0.3) is 0 Å². The molecule has 9 heteroatoms. The van der Waals surface area contributed by atoms with Gasteiger partial charge in [0.2, 0.25) is 10.0 Å². The van der Waals surface area contributed by atoms with Crippen LogP contribution >= 0.6 is 11.6 Å². The molecule has 0 bridgehead atoms. The van der Waals surface area contributed by atoms with Crippen LogP contribution in [0, 0.1) is 6.92 Å². The van der Waals surface area contributed by atoms with E-state index in [4.69, 9.17) is 11.6 Å². The van der Waals surface area contributed by atoms with Gasteiger partial charge in [0.05, 0.1) is 18.0 Å². The van der Waals surface area contributed by atoms with E-state index in [9.17, 15) is 13.5 Å². The first-order chi connectivity index (χ1) is 9.85. The molecular formula is C12H15ClN4O3S. The number of sulfonamides is 1. The van der Waals surface area contributed by atoms with E-state index >= 15 is 0 Å². The predicted molar refractivity (Wildman–Crippen MR) is 77.1 cm³/mol. The minimum Gasteiger partial charge on any atom is -0.392 e. The van der Waals surface area contributed by atoms with Crippen molar-refractivity contribution >= 4 is 21.6 Å². The lowest BCUT2D eigenvalue weighted by atomic mass is 10.1. The van der Waals surface area contributed by atoms with Gasteiger partial charge < -0.3 is 9.67 Å². The highest BCUT2D eigenvalue weighted by Crippen LogP contribution is 2.24. The van der Waals surface area contributed by atoms with Gasteiger partial charge >= 0.3 is 0 Å². The Morgan fingerprint density at radius 1 is 1.43 bits per heavy atom. The molecule has 0 radical (unpaired) electrons. The van der Waals surface area contributed by atoms with Crippen LogP contribution in [-0.2, 0) is 30.2 Å². The Balaban J connectivity index is 2.32. The molecule has 1 aromatic heterocycles. The van der Waals surface area contributed by atoms with Gasteiger partial charge in [-0.1, -0.05) is 11.6 Å². The number of benzene rings is 1. The molecule has 0 amide bonds. The Bertz CT molecular complexity index is 758. The summed E-state index contributed by atoms with van der Waals surface area (Å²) >= 11 is 5.90. The largest absolute Gasteiger partial charge is 0.392 e. The van der Waals surface area contributed by atoms with Gasteiger partial charge in [-0.3, -0.25) is 0 Å². The van der Waals surface area contributed by atoms with Gasteiger partial charge in [-0.05, 0) is 30.2 Å². The summed E-state index contributed by atoms with van der Waals surface area (Å²) in [5, 5.41) is 17.0. The molecule has 7 nitrogen and oxygen atoms in total. The molecule has 114 valence electrons. The predicted octanol–water partition coefficient (Wildman–Crippen LogP) is 0.748. The van der Waals surface area contributed by atoms with Crippen molar-refractivity contribution < 1.29 is 13.5 Å². The van der Waals surface area contributed by atoms with Gasteiger partial charge in [-0.25, -0.2) is 13.1 Å². The van der Waals surface area contributed by atoms with Crippen LogP contribution in [0.3, 0.4) is 0 Å². The molecule has 2 aromatic rings. The third kappa shape index (κ3) is 3.41. The minimum absolute atomic E-state index is 0.0131. The van der Waals surface area contributed by atoms with E-state index in [1.54, 1.807) is 24.6 Å². The van der Waals surface area contributed by atoms with Crippen LogP contribution in [0.2, 0.25) is 5.02 Å². The first kappa shape index (κ1) is 15.9. The second-order valence-electron chi connectivity index (χ2n) is 4.53. The third-order valence-electron chi connectivity index (χ3n) is 3.12. The topological polar surface area (TPSA) is 97.1 Å². The van der Waals surface area contributed by atoms with Crippen molar-refractivity contribution in [2.24, 2.45) is 7.05 Å². The summed E-state index contributed by atoms with van der Waals surface area (Å²) in [6, 6.07) is 2.90. The van der Waals surface area contributed by atoms with E-state index < -0.39 is 10.0 Å². The summed E-state index contributed by atoms with van der Waals surface area (Å²) in [6.07, 6.45) is 1.48. The lowest BCUT2D eigenvalue weighted by Crippen LogP contribution is -2.25. The van der Waals surface area contributed by atoms with Gasteiger partial charge in [0, 0.05) is 12.1 Å². The van der Waals surface area contributed by atoms with Crippen molar-refractivity contribution in [2.75, 3.05) is 0 Å². The van der Waals surface area contributed by atoms with Crippen LogP contribution in [-0.4, -0.2) is 28.3 Å². The molecule has 0 unspecified atom stereocenters. The molecule has 21 heavy (non-hydrogen) atoms. The number of hydrogen-bond acceptors (Lipinski definition) is 5. The Morgan fingerprint density at radius 2 is 2.14 bits per heavy atom. The summed E-state index contributed by atoms with van der Waals surface area (Å²) in [6.45, 7) is 1.36. The first-order valence-electron chi connectivity index (χ1n) is 6.07. The Labute approximate surface area is 127 Å². The van der Waals surface area contributed by atoms with Crippen LogP contribution in [0.15, 0.2) is 23.4 Å². The molecular weight excluding hydrogens is 316 g/mol. The zero-order valence-corrected chi connectivity index (χ0v) is 13.1. The van der Waals surface area contributed by atoms with E-state index in [-0.39, 0.29) is 23.1 Å². The molecule has 0 atom stereocenters. The van der Waals surface area contributed by atoms with Crippen molar-refractivity contribution in [1.82, 2.24) is 19.5 Å². The van der Waals surface area contributed by atoms with E-state index in [1.165, 1.54) is 12.4 Å². The highest BCUT2D eigenvalue weighted by atomic mass is 35.5.